The maximum atomic E-state index is 12.6. The van der Waals surface area contributed by atoms with Crippen LogP contribution < -0.4 is 9.47 Å². The summed E-state index contributed by atoms with van der Waals surface area (Å²) in [5.74, 6) is 1.04. The molecule has 7 heteroatoms. The number of aryl methyl sites for hydroxylation is 1. The van der Waals surface area contributed by atoms with E-state index in [4.69, 9.17) is 26.3 Å². The summed E-state index contributed by atoms with van der Waals surface area (Å²) in [5, 5.41) is 8.35. The van der Waals surface area contributed by atoms with E-state index in [1.54, 1.807) is 25.1 Å². The lowest BCUT2D eigenvalue weighted by molar-refractivity contribution is -0.137. The maximum Gasteiger partial charge on any atom is 0.416 e. The standard InChI is InChI=1S/C16H11ClF3NO2/c1-10-8-12(3-5-14(10)22-7-6-21)23-15-4-2-11(9-13(15)17)16(18,19)20/h2-5,8-9H,7H2,1H3. The van der Waals surface area contributed by atoms with Gasteiger partial charge in [0.05, 0.1) is 10.6 Å². The Morgan fingerprint density at radius 2 is 1.83 bits per heavy atom. The number of hydrogen-bond acceptors (Lipinski definition) is 3. The zero-order valence-corrected chi connectivity index (χ0v) is 12.7. The van der Waals surface area contributed by atoms with Crippen LogP contribution in [0.15, 0.2) is 36.4 Å². The zero-order chi connectivity index (χ0) is 17.0. The Hall–Kier alpha value is -2.39. The molecule has 0 unspecified atom stereocenters. The number of nitrogens with zero attached hydrogens (tertiary/aromatic N) is 1. The molecule has 120 valence electrons. The first-order valence-electron chi connectivity index (χ1n) is 6.46. The molecule has 0 aliphatic carbocycles. The highest BCUT2D eigenvalue weighted by atomic mass is 35.5. The van der Waals surface area contributed by atoms with E-state index >= 15 is 0 Å². The molecule has 0 heterocycles. The van der Waals surface area contributed by atoms with Crippen molar-refractivity contribution in [3.63, 3.8) is 0 Å². The normalized spacial score (nSPS) is 11.0. The van der Waals surface area contributed by atoms with E-state index in [-0.39, 0.29) is 17.4 Å². The first-order valence-corrected chi connectivity index (χ1v) is 6.84. The number of benzene rings is 2. The minimum atomic E-state index is -4.46. The Labute approximate surface area is 135 Å². The van der Waals surface area contributed by atoms with Crippen LogP contribution in [0.2, 0.25) is 5.02 Å². The summed E-state index contributed by atoms with van der Waals surface area (Å²) in [4.78, 5) is 0. The van der Waals surface area contributed by atoms with Crippen LogP contribution in [0.4, 0.5) is 13.2 Å². The number of nitriles is 1. The number of alkyl halides is 3. The Kier molecular flexibility index (Phi) is 5.02. The molecule has 0 radical (unpaired) electrons. The van der Waals surface area contributed by atoms with Crippen molar-refractivity contribution in [3.8, 4) is 23.3 Å². The van der Waals surface area contributed by atoms with Gasteiger partial charge in [0.2, 0.25) is 0 Å². The Bertz CT molecular complexity index is 754. The Balaban J connectivity index is 2.20. The van der Waals surface area contributed by atoms with Crippen molar-refractivity contribution in [2.75, 3.05) is 6.61 Å². The summed E-state index contributed by atoms with van der Waals surface area (Å²) in [6.07, 6.45) is -4.46. The lowest BCUT2D eigenvalue weighted by Crippen LogP contribution is -2.04. The Morgan fingerprint density at radius 3 is 2.39 bits per heavy atom. The minimum Gasteiger partial charge on any atom is -0.478 e. The SMILES string of the molecule is Cc1cc(Oc2ccc(C(F)(F)F)cc2Cl)ccc1OCC#N. The molecule has 2 aromatic rings. The monoisotopic (exact) mass is 341 g/mol. The fourth-order valence-corrected chi connectivity index (χ4v) is 2.06. The summed E-state index contributed by atoms with van der Waals surface area (Å²) in [6.45, 7) is 1.68. The van der Waals surface area contributed by atoms with Crippen LogP contribution in [-0.4, -0.2) is 6.61 Å². The second kappa shape index (κ2) is 6.80. The molecule has 0 aliphatic rings. The van der Waals surface area contributed by atoms with Crippen LogP contribution in [-0.2, 0) is 6.18 Å². The van der Waals surface area contributed by atoms with E-state index in [2.05, 4.69) is 0 Å². The van der Waals surface area contributed by atoms with Gasteiger partial charge >= 0.3 is 6.18 Å². The largest absolute Gasteiger partial charge is 0.478 e. The third kappa shape index (κ3) is 4.30. The predicted molar refractivity (Wildman–Crippen MR) is 78.8 cm³/mol. The molecular formula is C16H11ClF3NO2. The van der Waals surface area contributed by atoms with E-state index in [0.717, 1.165) is 17.7 Å². The fourth-order valence-electron chi connectivity index (χ4n) is 1.84. The third-order valence-electron chi connectivity index (χ3n) is 2.93. The highest BCUT2D eigenvalue weighted by Gasteiger charge is 2.31. The molecular weight excluding hydrogens is 331 g/mol. The quantitative estimate of drug-likeness (QED) is 0.751. The zero-order valence-electron chi connectivity index (χ0n) is 11.9. The second-order valence-electron chi connectivity index (χ2n) is 4.62. The summed E-state index contributed by atoms with van der Waals surface area (Å²) >= 11 is 5.84. The lowest BCUT2D eigenvalue weighted by Gasteiger charge is -2.12. The van der Waals surface area contributed by atoms with Crippen molar-refractivity contribution in [1.82, 2.24) is 0 Å². The molecule has 0 saturated heterocycles. The van der Waals surface area contributed by atoms with Crippen LogP contribution in [0.3, 0.4) is 0 Å². The van der Waals surface area contributed by atoms with Crippen molar-refractivity contribution >= 4 is 11.6 Å². The highest BCUT2D eigenvalue weighted by Crippen LogP contribution is 2.37. The molecule has 0 N–H and O–H groups in total. The number of rotatable bonds is 4. The van der Waals surface area contributed by atoms with Crippen LogP contribution in [0.5, 0.6) is 17.2 Å². The average molecular weight is 342 g/mol. The van der Waals surface area contributed by atoms with Gasteiger partial charge in [-0.25, -0.2) is 0 Å². The fraction of sp³-hybridized carbons (Fsp3) is 0.188. The van der Waals surface area contributed by atoms with E-state index in [0.29, 0.717) is 11.5 Å². The van der Waals surface area contributed by atoms with Crippen molar-refractivity contribution < 1.29 is 22.6 Å². The molecule has 3 nitrogen and oxygen atoms in total. The van der Waals surface area contributed by atoms with E-state index in [1.165, 1.54) is 6.07 Å². The van der Waals surface area contributed by atoms with Crippen LogP contribution in [0.1, 0.15) is 11.1 Å². The van der Waals surface area contributed by atoms with Crippen molar-refractivity contribution in [3.05, 3.63) is 52.5 Å². The summed E-state index contributed by atoms with van der Waals surface area (Å²) in [6, 6.07) is 9.57. The molecule has 2 aromatic carbocycles. The van der Waals surface area contributed by atoms with Gasteiger partial charge in [0.1, 0.15) is 23.3 Å². The molecule has 0 aliphatic heterocycles. The van der Waals surface area contributed by atoms with Gasteiger partial charge in [-0.15, -0.1) is 0 Å². The average Bonchev–Trinajstić information content (AvgIpc) is 2.47. The molecule has 0 fully saturated rings. The van der Waals surface area contributed by atoms with Crippen LogP contribution in [0, 0.1) is 18.3 Å². The van der Waals surface area contributed by atoms with Gasteiger partial charge in [-0.1, -0.05) is 11.6 Å². The molecule has 0 saturated carbocycles. The van der Waals surface area contributed by atoms with E-state index in [1.807, 2.05) is 6.07 Å². The van der Waals surface area contributed by atoms with Gasteiger partial charge in [-0.05, 0) is 48.9 Å². The van der Waals surface area contributed by atoms with Crippen molar-refractivity contribution in [1.29, 1.82) is 5.26 Å². The van der Waals surface area contributed by atoms with Gasteiger partial charge in [0.25, 0.3) is 0 Å². The van der Waals surface area contributed by atoms with Crippen molar-refractivity contribution in [2.45, 2.75) is 13.1 Å². The highest BCUT2D eigenvalue weighted by molar-refractivity contribution is 6.32. The Morgan fingerprint density at radius 1 is 1.13 bits per heavy atom. The molecule has 0 bridgehead atoms. The lowest BCUT2D eigenvalue weighted by atomic mass is 10.2. The first-order chi connectivity index (χ1) is 10.8. The van der Waals surface area contributed by atoms with Crippen LogP contribution in [0.25, 0.3) is 0 Å². The molecule has 2 rings (SSSR count). The maximum absolute atomic E-state index is 12.6. The van der Waals surface area contributed by atoms with Gasteiger partial charge in [0, 0.05) is 0 Å². The molecule has 0 spiro atoms. The van der Waals surface area contributed by atoms with Crippen molar-refractivity contribution in [2.24, 2.45) is 0 Å². The second-order valence-corrected chi connectivity index (χ2v) is 5.03. The third-order valence-corrected chi connectivity index (χ3v) is 3.22. The van der Waals surface area contributed by atoms with E-state index < -0.39 is 11.7 Å². The molecule has 0 atom stereocenters. The van der Waals surface area contributed by atoms with Crippen LogP contribution >= 0.6 is 11.6 Å². The smallest absolute Gasteiger partial charge is 0.416 e. The van der Waals surface area contributed by atoms with Gasteiger partial charge in [0.15, 0.2) is 6.61 Å². The summed E-state index contributed by atoms with van der Waals surface area (Å²) in [7, 11) is 0. The number of halogens is 4. The van der Waals surface area contributed by atoms with Gasteiger partial charge in [-0.3, -0.25) is 0 Å². The minimum absolute atomic E-state index is 0.0776. The topological polar surface area (TPSA) is 42.2 Å². The summed E-state index contributed by atoms with van der Waals surface area (Å²) in [5.41, 5.74) is -0.118. The number of ether oxygens (including phenoxy) is 2. The molecule has 0 aromatic heterocycles. The first kappa shape index (κ1) is 17.0. The molecule has 23 heavy (non-hydrogen) atoms. The summed E-state index contributed by atoms with van der Waals surface area (Å²) < 4.78 is 48.5. The predicted octanol–water partition coefficient (Wildman–Crippen LogP) is 5.36. The van der Waals surface area contributed by atoms with Gasteiger partial charge < -0.3 is 9.47 Å². The van der Waals surface area contributed by atoms with Gasteiger partial charge in [-0.2, -0.15) is 18.4 Å². The number of hydrogen-bond donors (Lipinski definition) is 0. The van der Waals surface area contributed by atoms with E-state index in [9.17, 15) is 13.2 Å². The molecule has 0 amide bonds.